The number of carbonyl (C=O) groups is 1. The van der Waals surface area contributed by atoms with Crippen LogP contribution in [-0.4, -0.2) is 30.4 Å². The molecule has 1 heterocycles. The third-order valence-corrected chi connectivity index (χ3v) is 2.59. The first-order chi connectivity index (χ1) is 8.06. The van der Waals surface area contributed by atoms with Gasteiger partial charge in [-0.15, -0.1) is 0 Å². The minimum absolute atomic E-state index is 0.0402. The number of nitrogens with zero attached hydrogens (tertiary/aromatic N) is 1. The monoisotopic (exact) mass is 238 g/mol. The van der Waals surface area contributed by atoms with Crippen molar-refractivity contribution in [2.75, 3.05) is 19.6 Å². The summed E-state index contributed by atoms with van der Waals surface area (Å²) in [6.07, 6.45) is 2.38. The van der Waals surface area contributed by atoms with Gasteiger partial charge in [-0.25, -0.2) is 0 Å². The average Bonchev–Trinajstić information content (AvgIpc) is 2.69. The van der Waals surface area contributed by atoms with E-state index < -0.39 is 0 Å². The SMILES string of the molecule is Cc1occc1C(=O)N(CCCN)CC(C)C. The number of aryl methyl sites for hydroxylation is 1. The van der Waals surface area contributed by atoms with Crippen molar-refractivity contribution in [1.29, 1.82) is 0 Å². The minimum atomic E-state index is 0.0402. The lowest BCUT2D eigenvalue weighted by Crippen LogP contribution is -2.36. The van der Waals surface area contributed by atoms with Crippen LogP contribution in [0.25, 0.3) is 0 Å². The third kappa shape index (κ3) is 3.89. The number of nitrogens with two attached hydrogens (primary N) is 1. The molecule has 4 heteroatoms. The summed E-state index contributed by atoms with van der Waals surface area (Å²) in [5.41, 5.74) is 6.16. The molecular weight excluding hydrogens is 216 g/mol. The summed E-state index contributed by atoms with van der Waals surface area (Å²) in [5.74, 6) is 1.17. The molecule has 0 aliphatic rings. The Bertz CT molecular complexity index is 358. The highest BCUT2D eigenvalue weighted by Crippen LogP contribution is 2.13. The molecule has 0 unspecified atom stereocenters. The van der Waals surface area contributed by atoms with Crippen molar-refractivity contribution in [3.05, 3.63) is 23.7 Å². The second kappa shape index (κ2) is 6.45. The number of hydrogen-bond donors (Lipinski definition) is 1. The Hall–Kier alpha value is -1.29. The largest absolute Gasteiger partial charge is 0.469 e. The van der Waals surface area contributed by atoms with Crippen molar-refractivity contribution in [3.63, 3.8) is 0 Å². The Labute approximate surface area is 103 Å². The zero-order valence-electron chi connectivity index (χ0n) is 10.9. The Morgan fingerprint density at radius 1 is 1.53 bits per heavy atom. The van der Waals surface area contributed by atoms with Gasteiger partial charge in [-0.05, 0) is 31.9 Å². The Kier molecular flexibility index (Phi) is 5.22. The number of furan rings is 1. The summed E-state index contributed by atoms with van der Waals surface area (Å²) in [5, 5.41) is 0. The second-order valence-corrected chi connectivity index (χ2v) is 4.68. The molecule has 0 bridgehead atoms. The molecule has 17 heavy (non-hydrogen) atoms. The smallest absolute Gasteiger partial charge is 0.257 e. The van der Waals surface area contributed by atoms with Crippen LogP contribution in [0.2, 0.25) is 0 Å². The summed E-state index contributed by atoms with van der Waals surface area (Å²) < 4.78 is 5.17. The molecule has 0 aliphatic heterocycles. The molecule has 1 amide bonds. The normalized spacial score (nSPS) is 10.9. The molecular formula is C13H22N2O2. The van der Waals surface area contributed by atoms with E-state index in [1.54, 1.807) is 12.3 Å². The Morgan fingerprint density at radius 2 is 2.24 bits per heavy atom. The quantitative estimate of drug-likeness (QED) is 0.825. The number of amides is 1. The van der Waals surface area contributed by atoms with Crippen molar-refractivity contribution >= 4 is 5.91 Å². The first kappa shape index (κ1) is 13.8. The van der Waals surface area contributed by atoms with Crippen molar-refractivity contribution in [2.24, 2.45) is 11.7 Å². The Morgan fingerprint density at radius 3 is 2.71 bits per heavy atom. The molecule has 0 radical (unpaired) electrons. The summed E-state index contributed by atoms with van der Waals surface area (Å²) >= 11 is 0. The summed E-state index contributed by atoms with van der Waals surface area (Å²) in [7, 11) is 0. The zero-order valence-corrected chi connectivity index (χ0v) is 10.9. The van der Waals surface area contributed by atoms with E-state index in [4.69, 9.17) is 10.2 Å². The molecule has 96 valence electrons. The van der Waals surface area contributed by atoms with Crippen molar-refractivity contribution < 1.29 is 9.21 Å². The van der Waals surface area contributed by atoms with E-state index in [-0.39, 0.29) is 5.91 Å². The maximum Gasteiger partial charge on any atom is 0.257 e. The van der Waals surface area contributed by atoms with E-state index in [1.807, 2.05) is 11.8 Å². The molecule has 1 rings (SSSR count). The fourth-order valence-electron chi connectivity index (χ4n) is 1.78. The molecule has 1 aromatic heterocycles. The van der Waals surface area contributed by atoms with Crippen LogP contribution in [0.4, 0.5) is 0 Å². The molecule has 2 N–H and O–H groups in total. The van der Waals surface area contributed by atoms with Gasteiger partial charge in [0.2, 0.25) is 0 Å². The summed E-state index contributed by atoms with van der Waals surface area (Å²) in [6, 6.07) is 1.73. The predicted octanol–water partition coefficient (Wildman–Crippen LogP) is 2.04. The molecule has 0 aromatic carbocycles. The van der Waals surface area contributed by atoms with Crippen LogP contribution in [0.1, 0.15) is 36.4 Å². The highest BCUT2D eigenvalue weighted by molar-refractivity contribution is 5.95. The first-order valence-electron chi connectivity index (χ1n) is 6.09. The summed E-state index contributed by atoms with van der Waals surface area (Å²) in [6.45, 7) is 8.08. The van der Waals surface area contributed by atoms with E-state index in [0.717, 1.165) is 13.0 Å². The van der Waals surface area contributed by atoms with Crippen molar-refractivity contribution in [2.45, 2.75) is 27.2 Å². The predicted molar refractivity (Wildman–Crippen MR) is 67.9 cm³/mol. The van der Waals surface area contributed by atoms with Gasteiger partial charge >= 0.3 is 0 Å². The van der Waals surface area contributed by atoms with Gasteiger partial charge in [0.1, 0.15) is 5.76 Å². The maximum atomic E-state index is 12.3. The van der Waals surface area contributed by atoms with Crippen LogP contribution in [0.15, 0.2) is 16.7 Å². The van der Waals surface area contributed by atoms with Crippen LogP contribution in [0.3, 0.4) is 0 Å². The molecule has 0 saturated carbocycles. The molecule has 0 atom stereocenters. The standard InChI is InChI=1S/C13H22N2O2/c1-10(2)9-15(7-4-6-14)13(16)12-5-8-17-11(12)3/h5,8,10H,4,6-7,9,14H2,1-3H3. The van der Waals surface area contributed by atoms with Gasteiger partial charge in [-0.1, -0.05) is 13.8 Å². The van der Waals surface area contributed by atoms with E-state index in [2.05, 4.69) is 13.8 Å². The van der Waals surface area contributed by atoms with Gasteiger partial charge in [0.15, 0.2) is 0 Å². The van der Waals surface area contributed by atoms with E-state index >= 15 is 0 Å². The fraction of sp³-hybridized carbons (Fsp3) is 0.615. The molecule has 0 aliphatic carbocycles. The van der Waals surface area contributed by atoms with Gasteiger partial charge in [0.05, 0.1) is 11.8 Å². The van der Waals surface area contributed by atoms with E-state index in [1.165, 1.54) is 0 Å². The fourth-order valence-corrected chi connectivity index (χ4v) is 1.78. The first-order valence-corrected chi connectivity index (χ1v) is 6.09. The van der Waals surface area contributed by atoms with Crippen LogP contribution in [-0.2, 0) is 0 Å². The van der Waals surface area contributed by atoms with Crippen LogP contribution < -0.4 is 5.73 Å². The van der Waals surface area contributed by atoms with Gasteiger partial charge in [0.25, 0.3) is 5.91 Å². The van der Waals surface area contributed by atoms with Gasteiger partial charge < -0.3 is 15.1 Å². The Balaban J connectivity index is 2.75. The van der Waals surface area contributed by atoms with Crippen molar-refractivity contribution in [1.82, 2.24) is 4.90 Å². The zero-order chi connectivity index (χ0) is 12.8. The molecule has 0 spiro atoms. The lowest BCUT2D eigenvalue weighted by Gasteiger charge is -2.24. The number of hydrogen-bond acceptors (Lipinski definition) is 3. The van der Waals surface area contributed by atoms with Crippen LogP contribution >= 0.6 is 0 Å². The second-order valence-electron chi connectivity index (χ2n) is 4.68. The molecule has 0 saturated heterocycles. The van der Waals surface area contributed by atoms with Crippen LogP contribution in [0, 0.1) is 12.8 Å². The highest BCUT2D eigenvalue weighted by atomic mass is 16.3. The van der Waals surface area contributed by atoms with Crippen LogP contribution in [0.5, 0.6) is 0 Å². The van der Waals surface area contributed by atoms with Gasteiger partial charge in [-0.2, -0.15) is 0 Å². The topological polar surface area (TPSA) is 59.5 Å². The van der Waals surface area contributed by atoms with Gasteiger partial charge in [0, 0.05) is 13.1 Å². The minimum Gasteiger partial charge on any atom is -0.469 e. The van der Waals surface area contributed by atoms with E-state index in [9.17, 15) is 4.79 Å². The van der Waals surface area contributed by atoms with E-state index in [0.29, 0.717) is 30.3 Å². The molecule has 4 nitrogen and oxygen atoms in total. The maximum absolute atomic E-state index is 12.3. The highest BCUT2D eigenvalue weighted by Gasteiger charge is 2.19. The average molecular weight is 238 g/mol. The van der Waals surface area contributed by atoms with Crippen molar-refractivity contribution in [3.8, 4) is 0 Å². The lowest BCUT2D eigenvalue weighted by molar-refractivity contribution is 0.0733. The number of carbonyl (C=O) groups excluding carboxylic acids is 1. The van der Waals surface area contributed by atoms with Gasteiger partial charge in [-0.3, -0.25) is 4.79 Å². The lowest BCUT2D eigenvalue weighted by atomic mass is 10.1. The third-order valence-electron chi connectivity index (χ3n) is 2.59. The number of rotatable bonds is 6. The molecule has 0 fully saturated rings. The summed E-state index contributed by atoms with van der Waals surface area (Å²) in [4.78, 5) is 14.1. The molecule has 1 aromatic rings.